The third-order valence-corrected chi connectivity index (χ3v) is 5.01. The van der Waals surface area contributed by atoms with Crippen LogP contribution in [0, 0.1) is 0 Å². The molecule has 1 saturated heterocycles. The molecule has 0 atom stereocenters. The highest BCUT2D eigenvalue weighted by Gasteiger charge is 2.27. The SMILES string of the molecule is COc1ccc(S(=O)(=O)N2CCCC2)cc1N=C=S. The lowest BCUT2D eigenvalue weighted by Gasteiger charge is -2.16. The smallest absolute Gasteiger partial charge is 0.243 e. The van der Waals surface area contributed by atoms with Crippen LogP contribution in [0.25, 0.3) is 0 Å². The number of ether oxygens (including phenoxy) is 1. The third-order valence-electron chi connectivity index (χ3n) is 3.02. The largest absolute Gasteiger partial charge is 0.494 e. The van der Waals surface area contributed by atoms with E-state index in [1.165, 1.54) is 23.5 Å². The first-order chi connectivity index (χ1) is 9.09. The summed E-state index contributed by atoms with van der Waals surface area (Å²) in [6.07, 6.45) is 1.81. The summed E-state index contributed by atoms with van der Waals surface area (Å²) in [5, 5.41) is 2.23. The second-order valence-electron chi connectivity index (χ2n) is 4.15. The Hall–Kier alpha value is -1.27. The van der Waals surface area contributed by atoms with Gasteiger partial charge < -0.3 is 4.74 Å². The van der Waals surface area contributed by atoms with Gasteiger partial charge in [0.15, 0.2) is 0 Å². The topological polar surface area (TPSA) is 59.0 Å². The van der Waals surface area contributed by atoms with Crippen molar-refractivity contribution in [2.75, 3.05) is 20.2 Å². The fourth-order valence-corrected chi connectivity index (χ4v) is 3.68. The number of aliphatic imine (C=N–C) groups is 1. The average Bonchev–Trinajstić information content (AvgIpc) is 2.93. The van der Waals surface area contributed by atoms with Gasteiger partial charge in [-0.3, -0.25) is 0 Å². The number of rotatable bonds is 4. The number of hydrogen-bond acceptors (Lipinski definition) is 5. The van der Waals surface area contributed by atoms with Crippen molar-refractivity contribution in [3.63, 3.8) is 0 Å². The summed E-state index contributed by atoms with van der Waals surface area (Å²) in [4.78, 5) is 4.04. The Bertz CT molecular complexity index is 616. The summed E-state index contributed by atoms with van der Waals surface area (Å²) in [5.41, 5.74) is 0.373. The number of methoxy groups -OCH3 is 1. The molecule has 0 amide bonds. The van der Waals surface area contributed by atoms with E-state index in [4.69, 9.17) is 4.74 Å². The maximum absolute atomic E-state index is 12.4. The molecule has 1 aliphatic heterocycles. The van der Waals surface area contributed by atoms with Gasteiger partial charge in [0.25, 0.3) is 0 Å². The molecule has 1 heterocycles. The summed E-state index contributed by atoms with van der Waals surface area (Å²) in [5.74, 6) is 0.470. The van der Waals surface area contributed by atoms with Gasteiger partial charge in [0.1, 0.15) is 11.4 Å². The van der Waals surface area contributed by atoms with E-state index in [2.05, 4.69) is 22.4 Å². The van der Waals surface area contributed by atoms with Crippen molar-refractivity contribution in [2.45, 2.75) is 17.7 Å². The maximum Gasteiger partial charge on any atom is 0.243 e. The van der Waals surface area contributed by atoms with E-state index in [1.807, 2.05) is 0 Å². The van der Waals surface area contributed by atoms with Gasteiger partial charge in [-0.15, -0.1) is 0 Å². The van der Waals surface area contributed by atoms with Gasteiger partial charge in [-0.1, -0.05) is 0 Å². The Kier molecular flexibility index (Phi) is 4.31. The van der Waals surface area contributed by atoms with Crippen LogP contribution in [0.4, 0.5) is 5.69 Å². The molecule has 0 bridgehead atoms. The van der Waals surface area contributed by atoms with Crippen molar-refractivity contribution in [1.29, 1.82) is 0 Å². The van der Waals surface area contributed by atoms with Gasteiger partial charge in [-0.25, -0.2) is 8.42 Å². The predicted octanol–water partition coefficient (Wildman–Crippen LogP) is 2.21. The molecule has 5 nitrogen and oxygen atoms in total. The quantitative estimate of drug-likeness (QED) is 0.631. The fourth-order valence-electron chi connectivity index (χ4n) is 2.04. The molecule has 7 heteroatoms. The standard InChI is InChI=1S/C12H14N2O3S2/c1-17-12-5-4-10(8-11(12)13-9-18)19(15,16)14-6-2-3-7-14/h4-5,8H,2-3,6-7H2,1H3. The highest BCUT2D eigenvalue weighted by atomic mass is 32.2. The minimum Gasteiger partial charge on any atom is -0.494 e. The maximum atomic E-state index is 12.4. The Morgan fingerprint density at radius 3 is 2.63 bits per heavy atom. The first-order valence-corrected chi connectivity index (χ1v) is 7.70. The van der Waals surface area contributed by atoms with Crippen LogP contribution in [0.2, 0.25) is 0 Å². The van der Waals surface area contributed by atoms with Crippen molar-refractivity contribution >= 4 is 33.1 Å². The molecule has 1 aliphatic rings. The number of nitrogens with zero attached hydrogens (tertiary/aromatic N) is 2. The summed E-state index contributed by atoms with van der Waals surface area (Å²) < 4.78 is 31.4. The molecule has 1 aromatic rings. The van der Waals surface area contributed by atoms with Crippen molar-refractivity contribution in [1.82, 2.24) is 4.31 Å². The van der Waals surface area contributed by atoms with E-state index in [1.54, 1.807) is 6.07 Å². The molecule has 19 heavy (non-hydrogen) atoms. The van der Waals surface area contributed by atoms with Gasteiger partial charge >= 0.3 is 0 Å². The molecule has 0 saturated carbocycles. The third kappa shape index (κ3) is 2.84. The minimum absolute atomic E-state index is 0.208. The van der Waals surface area contributed by atoms with Crippen LogP contribution >= 0.6 is 12.2 Å². The first kappa shape index (κ1) is 14.1. The minimum atomic E-state index is -3.45. The lowest BCUT2D eigenvalue weighted by molar-refractivity contribution is 0.415. The Labute approximate surface area is 118 Å². The second kappa shape index (κ2) is 5.79. The van der Waals surface area contributed by atoms with E-state index in [0.717, 1.165) is 12.8 Å². The van der Waals surface area contributed by atoms with Crippen LogP contribution in [0.5, 0.6) is 5.75 Å². The molecular formula is C12H14N2O3S2. The highest BCUT2D eigenvalue weighted by Crippen LogP contribution is 2.31. The van der Waals surface area contributed by atoms with E-state index >= 15 is 0 Å². The lowest BCUT2D eigenvalue weighted by Crippen LogP contribution is -2.27. The van der Waals surface area contributed by atoms with Gasteiger partial charge in [-0.05, 0) is 43.3 Å². The number of thiocarbonyl (C=S) groups is 1. The summed E-state index contributed by atoms with van der Waals surface area (Å²) in [6.45, 7) is 1.14. The van der Waals surface area contributed by atoms with Crippen LogP contribution in [-0.2, 0) is 10.0 Å². The van der Waals surface area contributed by atoms with E-state index < -0.39 is 10.0 Å². The van der Waals surface area contributed by atoms with Crippen molar-refractivity contribution in [2.24, 2.45) is 4.99 Å². The van der Waals surface area contributed by atoms with Crippen LogP contribution in [0.15, 0.2) is 28.1 Å². The summed E-state index contributed by atoms with van der Waals surface area (Å²) in [6, 6.07) is 4.56. The van der Waals surface area contributed by atoms with Crippen molar-refractivity contribution in [3.8, 4) is 5.75 Å². The van der Waals surface area contributed by atoms with Gasteiger partial charge in [0.2, 0.25) is 10.0 Å². The van der Waals surface area contributed by atoms with Gasteiger partial charge in [0.05, 0.1) is 17.2 Å². The Morgan fingerprint density at radius 1 is 1.37 bits per heavy atom. The van der Waals surface area contributed by atoms with Crippen LogP contribution in [-0.4, -0.2) is 38.1 Å². The number of benzene rings is 1. The molecule has 0 aromatic heterocycles. The van der Waals surface area contributed by atoms with Crippen molar-refractivity contribution < 1.29 is 13.2 Å². The summed E-state index contributed by atoms with van der Waals surface area (Å²) in [7, 11) is -1.96. The molecule has 0 radical (unpaired) electrons. The number of hydrogen-bond donors (Lipinski definition) is 0. The van der Waals surface area contributed by atoms with Crippen LogP contribution in [0.1, 0.15) is 12.8 Å². The molecule has 0 N–H and O–H groups in total. The molecule has 1 fully saturated rings. The molecule has 0 spiro atoms. The van der Waals surface area contributed by atoms with Crippen molar-refractivity contribution in [3.05, 3.63) is 18.2 Å². The Morgan fingerprint density at radius 2 is 2.05 bits per heavy atom. The monoisotopic (exact) mass is 298 g/mol. The molecule has 0 unspecified atom stereocenters. The van der Waals surface area contributed by atoms with Gasteiger partial charge in [-0.2, -0.15) is 9.30 Å². The normalized spacial score (nSPS) is 16.1. The van der Waals surface area contributed by atoms with Gasteiger partial charge in [0, 0.05) is 13.1 Å². The molecule has 2 rings (SSSR count). The molecule has 1 aromatic carbocycles. The van der Waals surface area contributed by atoms with E-state index in [-0.39, 0.29) is 4.90 Å². The van der Waals surface area contributed by atoms with Crippen LogP contribution < -0.4 is 4.74 Å². The lowest BCUT2D eigenvalue weighted by atomic mass is 10.3. The molecule has 102 valence electrons. The highest BCUT2D eigenvalue weighted by molar-refractivity contribution is 7.89. The van der Waals surface area contributed by atoms with E-state index in [9.17, 15) is 8.42 Å². The first-order valence-electron chi connectivity index (χ1n) is 5.85. The zero-order valence-electron chi connectivity index (χ0n) is 10.5. The molecule has 0 aliphatic carbocycles. The average molecular weight is 298 g/mol. The fraction of sp³-hybridized carbons (Fsp3) is 0.417. The van der Waals surface area contributed by atoms with Crippen LogP contribution in [0.3, 0.4) is 0 Å². The predicted molar refractivity (Wildman–Crippen MR) is 75.7 cm³/mol. The Balaban J connectivity index is 2.45. The zero-order chi connectivity index (χ0) is 13.9. The second-order valence-corrected chi connectivity index (χ2v) is 6.27. The number of sulfonamides is 1. The van der Waals surface area contributed by atoms with E-state index in [0.29, 0.717) is 24.5 Å². The summed E-state index contributed by atoms with van der Waals surface area (Å²) >= 11 is 4.55. The number of isothiocyanates is 1. The zero-order valence-corrected chi connectivity index (χ0v) is 12.1. The molecular weight excluding hydrogens is 284 g/mol.